The van der Waals surface area contributed by atoms with Gasteiger partial charge in [0.05, 0.1) is 11.6 Å². The third-order valence-corrected chi connectivity index (χ3v) is 4.41. The predicted molar refractivity (Wildman–Crippen MR) is 74.0 cm³/mol. The van der Waals surface area contributed by atoms with Crippen molar-refractivity contribution in [2.45, 2.75) is 38.2 Å². The normalized spacial score (nSPS) is 16.4. The number of aliphatic hydroxyl groups excluding tert-OH is 1. The van der Waals surface area contributed by atoms with Crippen LogP contribution in [0.3, 0.4) is 0 Å². The molecule has 0 spiro atoms. The molecule has 104 valence electrons. The molecule has 4 nitrogen and oxygen atoms in total. The number of carbonyl (C=O) groups is 1. The zero-order valence-electron chi connectivity index (χ0n) is 10.8. The second-order valence-electron chi connectivity index (χ2n) is 4.75. The number of esters is 1. The number of rotatable bonds is 2. The molecule has 0 fully saturated rings. The molecule has 0 radical (unpaired) electrons. The molecule has 0 amide bonds. The number of aromatic hydroxyl groups is 1. The summed E-state index contributed by atoms with van der Waals surface area (Å²) in [5.74, 6) is -0.839. The summed E-state index contributed by atoms with van der Waals surface area (Å²) < 4.78 is 5.10. The quantitative estimate of drug-likeness (QED) is 0.647. The third-order valence-electron chi connectivity index (χ3n) is 3.56. The van der Waals surface area contributed by atoms with Crippen molar-refractivity contribution in [1.29, 1.82) is 0 Å². The number of hydrogen-bond donors (Lipinski definition) is 2. The molecule has 0 aliphatic heterocycles. The first kappa shape index (κ1) is 14.3. The van der Waals surface area contributed by atoms with Crippen molar-refractivity contribution in [3.63, 3.8) is 0 Å². The van der Waals surface area contributed by atoms with Crippen LogP contribution in [0.2, 0.25) is 0 Å². The average molecular weight is 329 g/mol. The molecule has 0 heterocycles. The Bertz CT molecular complexity index is 499. The number of methoxy groups -OCH3 is 1. The zero-order chi connectivity index (χ0) is 14.0. The molecular weight excluding hydrogens is 312 g/mol. The van der Waals surface area contributed by atoms with Gasteiger partial charge in [0.15, 0.2) is 6.10 Å². The van der Waals surface area contributed by atoms with Gasteiger partial charge in [0.25, 0.3) is 0 Å². The van der Waals surface area contributed by atoms with Gasteiger partial charge in [-0.15, -0.1) is 0 Å². The largest absolute Gasteiger partial charge is 0.506 e. The third kappa shape index (κ3) is 2.77. The Hall–Kier alpha value is -1.07. The molecule has 0 aromatic heterocycles. The zero-order valence-corrected chi connectivity index (χ0v) is 12.4. The maximum Gasteiger partial charge on any atom is 0.339 e. The van der Waals surface area contributed by atoms with Gasteiger partial charge in [0, 0.05) is 5.56 Å². The Labute approximate surface area is 120 Å². The van der Waals surface area contributed by atoms with Gasteiger partial charge in [-0.3, -0.25) is 0 Å². The SMILES string of the molecule is COC(=O)C(O)c1cc2c(c(Br)c1O)CCCCC2. The first-order valence-corrected chi connectivity index (χ1v) is 7.14. The highest BCUT2D eigenvalue weighted by atomic mass is 79.9. The lowest BCUT2D eigenvalue weighted by Gasteiger charge is -2.17. The lowest BCUT2D eigenvalue weighted by Crippen LogP contribution is -2.14. The molecule has 1 aromatic carbocycles. The van der Waals surface area contributed by atoms with Gasteiger partial charge in [-0.1, -0.05) is 6.42 Å². The van der Waals surface area contributed by atoms with Crippen molar-refractivity contribution in [3.05, 3.63) is 27.2 Å². The number of halogens is 1. The van der Waals surface area contributed by atoms with Crippen molar-refractivity contribution in [3.8, 4) is 5.75 Å². The van der Waals surface area contributed by atoms with Crippen LogP contribution in [0.5, 0.6) is 5.75 Å². The van der Waals surface area contributed by atoms with Gasteiger partial charge in [-0.2, -0.15) is 0 Å². The Morgan fingerprint density at radius 1 is 1.37 bits per heavy atom. The molecule has 1 aliphatic rings. The highest BCUT2D eigenvalue weighted by Crippen LogP contribution is 2.39. The van der Waals surface area contributed by atoms with Crippen LogP contribution in [0.4, 0.5) is 0 Å². The summed E-state index contributed by atoms with van der Waals surface area (Å²) in [7, 11) is 1.21. The lowest BCUT2D eigenvalue weighted by atomic mass is 9.96. The second-order valence-corrected chi connectivity index (χ2v) is 5.55. The van der Waals surface area contributed by atoms with E-state index >= 15 is 0 Å². The van der Waals surface area contributed by atoms with Gasteiger partial charge >= 0.3 is 5.97 Å². The van der Waals surface area contributed by atoms with Gasteiger partial charge in [-0.25, -0.2) is 4.79 Å². The Kier molecular flexibility index (Phi) is 4.47. The Balaban J connectivity index is 2.49. The molecule has 2 rings (SSSR count). The second kappa shape index (κ2) is 5.92. The van der Waals surface area contributed by atoms with E-state index in [1.54, 1.807) is 6.07 Å². The molecular formula is C14H17BrO4. The number of phenols is 1. The number of phenolic OH excluding ortho intramolecular Hbond substituents is 1. The number of carbonyl (C=O) groups excluding carboxylic acids is 1. The molecule has 0 saturated carbocycles. The summed E-state index contributed by atoms with van der Waals surface area (Å²) in [6.45, 7) is 0. The van der Waals surface area contributed by atoms with Crippen molar-refractivity contribution < 1.29 is 19.7 Å². The van der Waals surface area contributed by atoms with E-state index in [0.717, 1.165) is 43.2 Å². The molecule has 1 aliphatic carbocycles. The number of hydrogen-bond acceptors (Lipinski definition) is 4. The summed E-state index contributed by atoms with van der Waals surface area (Å²) in [5, 5.41) is 20.1. The fourth-order valence-electron chi connectivity index (χ4n) is 2.49. The van der Waals surface area contributed by atoms with Crippen LogP contribution in [-0.4, -0.2) is 23.3 Å². The minimum absolute atomic E-state index is 0.0708. The number of fused-ring (bicyclic) bond motifs is 1. The number of benzene rings is 1. The Morgan fingerprint density at radius 3 is 2.74 bits per heavy atom. The summed E-state index contributed by atoms with van der Waals surface area (Å²) >= 11 is 3.38. The molecule has 5 heteroatoms. The summed E-state index contributed by atoms with van der Waals surface area (Å²) in [6, 6.07) is 1.72. The van der Waals surface area contributed by atoms with E-state index < -0.39 is 12.1 Å². The van der Waals surface area contributed by atoms with Crippen LogP contribution < -0.4 is 0 Å². The lowest BCUT2D eigenvalue weighted by molar-refractivity contribution is -0.150. The van der Waals surface area contributed by atoms with E-state index in [4.69, 9.17) is 0 Å². The standard InChI is InChI=1S/C14H17BrO4/c1-19-14(18)13(17)10-7-8-5-3-2-4-6-9(8)11(15)12(10)16/h7,13,16-17H,2-6H2,1H3. The van der Waals surface area contributed by atoms with Gasteiger partial charge in [-0.05, 0) is 58.8 Å². The average Bonchev–Trinajstić information content (AvgIpc) is 2.66. The van der Waals surface area contributed by atoms with Crippen LogP contribution in [0, 0.1) is 0 Å². The van der Waals surface area contributed by atoms with Crippen LogP contribution in [-0.2, 0) is 22.4 Å². The van der Waals surface area contributed by atoms with Crippen LogP contribution in [0.15, 0.2) is 10.5 Å². The minimum Gasteiger partial charge on any atom is -0.506 e. The maximum absolute atomic E-state index is 11.4. The van der Waals surface area contributed by atoms with Crippen LogP contribution >= 0.6 is 15.9 Å². The van der Waals surface area contributed by atoms with Gasteiger partial charge in [0.1, 0.15) is 5.75 Å². The predicted octanol–water partition coefficient (Wildman–Crippen LogP) is 2.63. The molecule has 1 atom stereocenters. The minimum atomic E-state index is -1.45. The first-order chi connectivity index (χ1) is 9.06. The maximum atomic E-state index is 11.4. The summed E-state index contributed by atoms with van der Waals surface area (Å²) in [4.78, 5) is 11.4. The van der Waals surface area contributed by atoms with Crippen LogP contribution in [0.1, 0.15) is 42.1 Å². The molecule has 2 N–H and O–H groups in total. The highest BCUT2D eigenvalue weighted by molar-refractivity contribution is 9.10. The Morgan fingerprint density at radius 2 is 2.05 bits per heavy atom. The summed E-state index contributed by atoms with van der Waals surface area (Å²) in [5.41, 5.74) is 2.37. The van der Waals surface area contributed by atoms with Crippen molar-refractivity contribution in [1.82, 2.24) is 0 Å². The molecule has 19 heavy (non-hydrogen) atoms. The molecule has 1 aromatic rings. The van der Waals surface area contributed by atoms with E-state index in [9.17, 15) is 15.0 Å². The molecule has 1 unspecified atom stereocenters. The topological polar surface area (TPSA) is 66.8 Å². The number of ether oxygens (including phenoxy) is 1. The van der Waals surface area contributed by atoms with E-state index in [1.807, 2.05) is 0 Å². The summed E-state index contributed by atoms with van der Waals surface area (Å²) in [6.07, 6.45) is 3.67. The van der Waals surface area contributed by atoms with Gasteiger partial charge < -0.3 is 14.9 Å². The first-order valence-electron chi connectivity index (χ1n) is 6.35. The van der Waals surface area contributed by atoms with E-state index in [0.29, 0.717) is 4.47 Å². The number of aliphatic hydroxyl groups is 1. The fourth-order valence-corrected chi connectivity index (χ4v) is 3.17. The fraction of sp³-hybridized carbons (Fsp3) is 0.500. The molecule has 0 bridgehead atoms. The molecule has 0 saturated heterocycles. The van der Waals surface area contributed by atoms with Crippen molar-refractivity contribution in [2.75, 3.05) is 7.11 Å². The van der Waals surface area contributed by atoms with E-state index in [2.05, 4.69) is 20.7 Å². The van der Waals surface area contributed by atoms with Crippen LogP contribution in [0.25, 0.3) is 0 Å². The van der Waals surface area contributed by atoms with Crippen molar-refractivity contribution in [2.24, 2.45) is 0 Å². The monoisotopic (exact) mass is 328 g/mol. The van der Waals surface area contributed by atoms with Gasteiger partial charge in [0.2, 0.25) is 0 Å². The smallest absolute Gasteiger partial charge is 0.339 e. The van der Waals surface area contributed by atoms with E-state index in [-0.39, 0.29) is 11.3 Å². The highest BCUT2D eigenvalue weighted by Gasteiger charge is 2.26. The van der Waals surface area contributed by atoms with Crippen molar-refractivity contribution >= 4 is 21.9 Å². The van der Waals surface area contributed by atoms with E-state index in [1.165, 1.54) is 7.11 Å². The number of aryl methyl sites for hydroxylation is 1.